The third-order valence-corrected chi connectivity index (χ3v) is 10.1. The molecule has 1 heteroatoms. The largest absolute Gasteiger partial charge is 0.457 e. The number of ether oxygens (including phenoxy) is 1. The molecule has 0 radical (unpaired) electrons. The Hall–Kier alpha value is -5.92. The molecule has 1 aliphatic carbocycles. The molecule has 8 aromatic carbocycles. The number of benzene rings is 8. The second kappa shape index (κ2) is 9.54. The van der Waals surface area contributed by atoms with Gasteiger partial charge < -0.3 is 4.74 Å². The molecule has 1 heterocycles. The third kappa shape index (κ3) is 3.40. The van der Waals surface area contributed by atoms with Crippen LogP contribution in [0.2, 0.25) is 0 Å². The first-order valence-electron chi connectivity index (χ1n) is 15.9. The van der Waals surface area contributed by atoms with Crippen LogP contribution >= 0.6 is 0 Å². The molecule has 0 N–H and O–H groups in total. The van der Waals surface area contributed by atoms with Gasteiger partial charge in [0.1, 0.15) is 11.5 Å². The van der Waals surface area contributed by atoms with Crippen molar-refractivity contribution in [1.82, 2.24) is 0 Å². The van der Waals surface area contributed by atoms with Gasteiger partial charge in [-0.25, -0.2) is 0 Å². The second-order valence-electron chi connectivity index (χ2n) is 12.4. The molecule has 10 rings (SSSR count). The van der Waals surface area contributed by atoms with E-state index >= 15 is 0 Å². The van der Waals surface area contributed by atoms with Crippen molar-refractivity contribution in [3.05, 3.63) is 192 Å². The van der Waals surface area contributed by atoms with Crippen molar-refractivity contribution in [3.63, 3.8) is 0 Å². The van der Waals surface area contributed by atoms with Crippen molar-refractivity contribution in [2.45, 2.75) is 5.41 Å². The van der Waals surface area contributed by atoms with E-state index < -0.39 is 5.41 Å². The van der Waals surface area contributed by atoms with Crippen LogP contribution in [0.25, 0.3) is 54.9 Å². The average Bonchev–Trinajstić information content (AvgIpc) is 3.42. The number of para-hydroxylation sites is 1. The zero-order chi connectivity index (χ0) is 30.2. The molecule has 0 aromatic heterocycles. The standard InChI is InChI=1S/C45H28O/c1-2-12-33-32(11-1)27-38(35-14-4-3-13-34(33)35)30-23-21-29(22-24-30)31-25-26-42-44(28-31)46-43-20-10-9-19-41(43)45(42)39-17-7-5-15-36(39)37-16-6-8-18-40(37)45/h1-28H. The summed E-state index contributed by atoms with van der Waals surface area (Å²) in [5.41, 5.74) is 11.9. The van der Waals surface area contributed by atoms with E-state index in [0.717, 1.165) is 17.1 Å². The summed E-state index contributed by atoms with van der Waals surface area (Å²) in [5.74, 6) is 1.82. The van der Waals surface area contributed by atoms with E-state index in [-0.39, 0.29) is 0 Å². The number of hydrogen-bond acceptors (Lipinski definition) is 1. The quantitative estimate of drug-likeness (QED) is 0.184. The van der Waals surface area contributed by atoms with E-state index in [2.05, 4.69) is 170 Å². The summed E-state index contributed by atoms with van der Waals surface area (Å²) in [7, 11) is 0. The van der Waals surface area contributed by atoms with Gasteiger partial charge in [0.25, 0.3) is 0 Å². The fourth-order valence-electron chi connectivity index (χ4n) is 8.18. The van der Waals surface area contributed by atoms with E-state index in [0.29, 0.717) is 0 Å². The predicted molar refractivity (Wildman–Crippen MR) is 190 cm³/mol. The first kappa shape index (κ1) is 25.4. The normalized spacial score (nSPS) is 13.6. The second-order valence-corrected chi connectivity index (χ2v) is 12.4. The lowest BCUT2D eigenvalue weighted by atomic mass is 9.66. The monoisotopic (exact) mass is 584 g/mol. The molecule has 0 atom stereocenters. The Morgan fingerprint density at radius 3 is 1.63 bits per heavy atom. The molecule has 1 spiro atoms. The molecule has 0 bridgehead atoms. The van der Waals surface area contributed by atoms with Gasteiger partial charge in [0.2, 0.25) is 0 Å². The van der Waals surface area contributed by atoms with Crippen LogP contribution in [0.15, 0.2) is 170 Å². The summed E-state index contributed by atoms with van der Waals surface area (Å²) in [4.78, 5) is 0. The summed E-state index contributed by atoms with van der Waals surface area (Å²) in [6.07, 6.45) is 0. The van der Waals surface area contributed by atoms with Crippen LogP contribution in [0, 0.1) is 0 Å². The van der Waals surface area contributed by atoms with Crippen molar-refractivity contribution < 1.29 is 4.74 Å². The Kier molecular flexibility index (Phi) is 5.27. The number of fused-ring (bicyclic) bond motifs is 12. The Balaban J connectivity index is 1.12. The molecular weight excluding hydrogens is 556 g/mol. The van der Waals surface area contributed by atoms with E-state index in [1.54, 1.807) is 0 Å². The minimum atomic E-state index is -0.434. The topological polar surface area (TPSA) is 9.23 Å². The Bertz CT molecular complexity index is 2460. The molecule has 0 saturated carbocycles. The smallest absolute Gasteiger partial charge is 0.132 e. The highest BCUT2D eigenvalue weighted by atomic mass is 16.5. The molecule has 214 valence electrons. The van der Waals surface area contributed by atoms with Crippen LogP contribution in [0.3, 0.4) is 0 Å². The van der Waals surface area contributed by atoms with Gasteiger partial charge in [0.15, 0.2) is 0 Å². The molecule has 1 nitrogen and oxygen atoms in total. The molecule has 0 saturated heterocycles. The lowest BCUT2D eigenvalue weighted by Crippen LogP contribution is -2.32. The van der Waals surface area contributed by atoms with Crippen molar-refractivity contribution in [1.29, 1.82) is 0 Å². The van der Waals surface area contributed by atoms with Crippen molar-refractivity contribution in [2.24, 2.45) is 0 Å². The summed E-state index contributed by atoms with van der Waals surface area (Å²) in [6.45, 7) is 0. The number of hydrogen-bond donors (Lipinski definition) is 0. The molecule has 46 heavy (non-hydrogen) atoms. The zero-order valence-electron chi connectivity index (χ0n) is 25.1. The van der Waals surface area contributed by atoms with Gasteiger partial charge in [-0.3, -0.25) is 0 Å². The van der Waals surface area contributed by atoms with E-state index in [1.807, 2.05) is 0 Å². The first-order chi connectivity index (χ1) is 22.8. The molecule has 0 amide bonds. The third-order valence-electron chi connectivity index (χ3n) is 10.1. The van der Waals surface area contributed by atoms with Gasteiger partial charge in [-0.1, -0.05) is 152 Å². The van der Waals surface area contributed by atoms with Gasteiger partial charge in [0, 0.05) is 11.1 Å². The number of rotatable bonds is 2. The minimum absolute atomic E-state index is 0.434. The van der Waals surface area contributed by atoms with E-state index in [4.69, 9.17) is 4.74 Å². The van der Waals surface area contributed by atoms with Gasteiger partial charge in [-0.15, -0.1) is 0 Å². The van der Waals surface area contributed by atoms with E-state index in [9.17, 15) is 0 Å². The van der Waals surface area contributed by atoms with Gasteiger partial charge >= 0.3 is 0 Å². The minimum Gasteiger partial charge on any atom is -0.457 e. The fraction of sp³-hybridized carbons (Fsp3) is 0.0222. The highest BCUT2D eigenvalue weighted by Gasteiger charge is 2.50. The Morgan fingerprint density at radius 2 is 0.870 bits per heavy atom. The maximum Gasteiger partial charge on any atom is 0.132 e. The SMILES string of the molecule is c1ccc2c(c1)Oc1cc(-c3ccc(-c4cc5ccccc5c5ccccc45)cc3)ccc1C21c2ccccc2-c2ccccc21. The van der Waals surface area contributed by atoms with Gasteiger partial charge in [-0.2, -0.15) is 0 Å². The van der Waals surface area contributed by atoms with Crippen LogP contribution in [0.1, 0.15) is 22.3 Å². The van der Waals surface area contributed by atoms with Crippen LogP contribution in [-0.2, 0) is 5.41 Å². The lowest BCUT2D eigenvalue weighted by molar-refractivity contribution is 0.436. The molecule has 8 aromatic rings. The van der Waals surface area contributed by atoms with Gasteiger partial charge in [-0.05, 0) is 84.3 Å². The molecule has 0 unspecified atom stereocenters. The predicted octanol–water partition coefficient (Wildman–Crippen LogP) is 11.8. The summed E-state index contributed by atoms with van der Waals surface area (Å²) < 4.78 is 6.74. The summed E-state index contributed by atoms with van der Waals surface area (Å²) in [6, 6.07) is 61.8. The van der Waals surface area contributed by atoms with Crippen LogP contribution in [-0.4, -0.2) is 0 Å². The van der Waals surface area contributed by atoms with Crippen molar-refractivity contribution in [3.8, 4) is 44.9 Å². The Morgan fingerprint density at radius 1 is 0.326 bits per heavy atom. The maximum atomic E-state index is 6.74. The van der Waals surface area contributed by atoms with Crippen LogP contribution in [0.5, 0.6) is 11.5 Å². The van der Waals surface area contributed by atoms with Crippen LogP contribution in [0.4, 0.5) is 0 Å². The highest BCUT2D eigenvalue weighted by Crippen LogP contribution is 2.62. The molecule has 2 aliphatic rings. The molecule has 0 fully saturated rings. The highest BCUT2D eigenvalue weighted by molar-refractivity contribution is 6.13. The molecule has 1 aliphatic heterocycles. The van der Waals surface area contributed by atoms with Crippen LogP contribution < -0.4 is 4.74 Å². The lowest BCUT2D eigenvalue weighted by Gasteiger charge is -2.39. The zero-order valence-corrected chi connectivity index (χ0v) is 25.1. The average molecular weight is 585 g/mol. The maximum absolute atomic E-state index is 6.74. The Labute approximate surface area is 268 Å². The van der Waals surface area contributed by atoms with Crippen molar-refractivity contribution in [2.75, 3.05) is 0 Å². The fourth-order valence-corrected chi connectivity index (χ4v) is 8.18. The summed E-state index contributed by atoms with van der Waals surface area (Å²) >= 11 is 0. The van der Waals surface area contributed by atoms with Gasteiger partial charge in [0.05, 0.1) is 5.41 Å². The first-order valence-corrected chi connectivity index (χ1v) is 15.9. The summed E-state index contributed by atoms with van der Waals surface area (Å²) in [5, 5.41) is 5.11. The van der Waals surface area contributed by atoms with E-state index in [1.165, 1.54) is 71.6 Å². The molecular formula is C45H28O. The van der Waals surface area contributed by atoms with Crippen molar-refractivity contribution >= 4 is 21.5 Å².